The van der Waals surface area contributed by atoms with Crippen molar-refractivity contribution in [1.29, 1.82) is 0 Å². The third-order valence-corrected chi connectivity index (χ3v) is 4.37. The van der Waals surface area contributed by atoms with E-state index in [0.717, 1.165) is 0 Å². The smallest absolute Gasteiger partial charge is 0.410 e. The van der Waals surface area contributed by atoms with Gasteiger partial charge in [-0.05, 0) is 43.3 Å². The van der Waals surface area contributed by atoms with E-state index in [4.69, 9.17) is 9.26 Å². The molecular weight excluding hydrogens is 388 g/mol. The van der Waals surface area contributed by atoms with Crippen LogP contribution in [0.3, 0.4) is 0 Å². The zero-order valence-electron chi connectivity index (χ0n) is 16.6. The minimum Gasteiger partial charge on any atom is -0.410 e. The topological polar surface area (TPSA) is 118 Å². The van der Waals surface area contributed by atoms with Crippen molar-refractivity contribution < 1.29 is 24.0 Å². The van der Waals surface area contributed by atoms with Crippen LogP contribution in [0.4, 0.5) is 4.79 Å². The normalized spacial score (nSPS) is 11.6. The number of benzene rings is 2. The Bertz CT molecular complexity index is 988. The second-order valence-electron chi connectivity index (χ2n) is 6.44. The first kappa shape index (κ1) is 21.0. The van der Waals surface area contributed by atoms with Crippen LogP contribution in [0.2, 0.25) is 0 Å². The quantitative estimate of drug-likeness (QED) is 0.615. The molecule has 9 nitrogen and oxygen atoms in total. The molecule has 0 saturated carbocycles. The Morgan fingerprint density at radius 2 is 1.87 bits per heavy atom. The summed E-state index contributed by atoms with van der Waals surface area (Å²) in [7, 11) is 1.64. The molecule has 0 aliphatic carbocycles. The van der Waals surface area contributed by atoms with Gasteiger partial charge in [0.15, 0.2) is 0 Å². The molecule has 0 fully saturated rings. The number of aliphatic hydroxyl groups is 1. The molecule has 0 radical (unpaired) electrons. The van der Waals surface area contributed by atoms with Crippen molar-refractivity contribution in [2.45, 2.75) is 13.0 Å². The molecule has 0 saturated heterocycles. The maximum absolute atomic E-state index is 12.3. The van der Waals surface area contributed by atoms with Crippen LogP contribution < -0.4 is 10.1 Å². The molecule has 9 heteroatoms. The maximum atomic E-state index is 12.3. The summed E-state index contributed by atoms with van der Waals surface area (Å²) in [4.78, 5) is 29.8. The van der Waals surface area contributed by atoms with Gasteiger partial charge in [-0.2, -0.15) is 4.98 Å². The Balaban J connectivity index is 1.68. The molecule has 0 bridgehead atoms. The number of hydrogen-bond donors (Lipinski definition) is 2. The van der Waals surface area contributed by atoms with E-state index in [2.05, 4.69) is 15.5 Å². The lowest BCUT2D eigenvalue weighted by molar-refractivity contribution is 0.0901. The fraction of sp³-hybridized carbons (Fsp3) is 0.238. The Hall–Kier alpha value is -3.72. The lowest BCUT2D eigenvalue weighted by atomic mass is 10.2. The zero-order chi connectivity index (χ0) is 21.5. The monoisotopic (exact) mass is 410 g/mol. The van der Waals surface area contributed by atoms with E-state index >= 15 is 0 Å². The number of carbonyl (C=O) groups is 2. The number of hydrogen-bond acceptors (Lipinski definition) is 7. The van der Waals surface area contributed by atoms with Crippen LogP contribution in [-0.4, -0.2) is 52.3 Å². The van der Waals surface area contributed by atoms with Crippen molar-refractivity contribution in [3.8, 4) is 17.1 Å². The van der Waals surface area contributed by atoms with E-state index in [1.54, 1.807) is 61.6 Å². The van der Waals surface area contributed by atoms with E-state index < -0.39 is 18.7 Å². The average Bonchev–Trinajstić information content (AvgIpc) is 3.27. The van der Waals surface area contributed by atoms with Gasteiger partial charge in [-0.25, -0.2) is 4.79 Å². The lowest BCUT2D eigenvalue weighted by Gasteiger charge is -2.14. The molecule has 3 rings (SSSR count). The van der Waals surface area contributed by atoms with Gasteiger partial charge in [0.2, 0.25) is 5.82 Å². The average molecular weight is 410 g/mol. The molecule has 1 heterocycles. The van der Waals surface area contributed by atoms with Gasteiger partial charge < -0.3 is 24.6 Å². The van der Waals surface area contributed by atoms with E-state index in [0.29, 0.717) is 23.4 Å². The highest BCUT2D eigenvalue weighted by Gasteiger charge is 2.21. The molecule has 0 aliphatic rings. The first-order chi connectivity index (χ1) is 14.5. The molecule has 1 atom stereocenters. The molecule has 2 aromatic carbocycles. The molecule has 30 heavy (non-hydrogen) atoms. The Kier molecular flexibility index (Phi) is 6.76. The number of amides is 2. The lowest BCUT2D eigenvalue weighted by Crippen LogP contribution is -2.31. The van der Waals surface area contributed by atoms with E-state index in [1.807, 2.05) is 6.92 Å². The van der Waals surface area contributed by atoms with Crippen molar-refractivity contribution in [1.82, 2.24) is 20.4 Å². The van der Waals surface area contributed by atoms with E-state index in [1.165, 1.54) is 4.90 Å². The summed E-state index contributed by atoms with van der Waals surface area (Å²) in [5.41, 5.74) is 1.08. The summed E-state index contributed by atoms with van der Waals surface area (Å²) in [5.74, 6) is 0.381. The maximum Gasteiger partial charge on any atom is 0.414 e. The van der Waals surface area contributed by atoms with Crippen LogP contribution in [0.25, 0.3) is 11.4 Å². The van der Waals surface area contributed by atoms with Crippen LogP contribution >= 0.6 is 0 Å². The first-order valence-corrected chi connectivity index (χ1v) is 9.35. The first-order valence-electron chi connectivity index (χ1n) is 9.35. The van der Waals surface area contributed by atoms with Crippen LogP contribution in [-0.2, 0) is 0 Å². The van der Waals surface area contributed by atoms with Crippen LogP contribution in [0.5, 0.6) is 5.75 Å². The van der Waals surface area contributed by atoms with Gasteiger partial charge >= 0.3 is 6.09 Å². The fourth-order valence-corrected chi connectivity index (χ4v) is 2.49. The fourth-order valence-electron chi connectivity index (χ4n) is 2.49. The summed E-state index contributed by atoms with van der Waals surface area (Å²) in [6.45, 7) is 1.98. The standard InChI is InChI=1S/C21H22N4O5/c1-3-25(2)21(28)29-16-11-9-14(10-12-16)18-23-20(30-24-18)17(13-26)22-19(27)15-7-5-4-6-8-15/h4-12,17,26H,3,13H2,1-2H3,(H,22,27). The summed E-state index contributed by atoms with van der Waals surface area (Å²) in [6.07, 6.45) is -0.452. The van der Waals surface area contributed by atoms with Gasteiger partial charge in [0, 0.05) is 24.7 Å². The Morgan fingerprint density at radius 1 is 1.17 bits per heavy atom. The molecule has 156 valence electrons. The van der Waals surface area contributed by atoms with Gasteiger partial charge in [0.25, 0.3) is 11.8 Å². The molecule has 0 spiro atoms. The molecule has 1 unspecified atom stereocenters. The van der Waals surface area contributed by atoms with Crippen LogP contribution in [0.15, 0.2) is 59.1 Å². The van der Waals surface area contributed by atoms with Crippen LogP contribution in [0, 0.1) is 0 Å². The summed E-state index contributed by atoms with van der Waals surface area (Å²) >= 11 is 0. The number of nitrogens with zero attached hydrogens (tertiary/aromatic N) is 3. The number of ether oxygens (including phenoxy) is 1. The number of aliphatic hydroxyl groups excluding tert-OH is 1. The van der Waals surface area contributed by atoms with Crippen molar-refractivity contribution in [3.05, 3.63) is 66.1 Å². The molecule has 3 aromatic rings. The zero-order valence-corrected chi connectivity index (χ0v) is 16.6. The van der Waals surface area contributed by atoms with Crippen LogP contribution in [0.1, 0.15) is 29.2 Å². The van der Waals surface area contributed by atoms with Gasteiger partial charge in [0.05, 0.1) is 6.61 Å². The van der Waals surface area contributed by atoms with Crippen molar-refractivity contribution in [3.63, 3.8) is 0 Å². The van der Waals surface area contributed by atoms with Gasteiger partial charge in [-0.15, -0.1) is 0 Å². The highest BCUT2D eigenvalue weighted by Crippen LogP contribution is 2.22. The third kappa shape index (κ3) is 5.00. The molecule has 2 N–H and O–H groups in total. The number of aromatic nitrogens is 2. The van der Waals surface area contributed by atoms with Gasteiger partial charge in [0.1, 0.15) is 11.8 Å². The SMILES string of the molecule is CCN(C)C(=O)Oc1ccc(-c2noc(C(CO)NC(=O)c3ccccc3)n2)cc1. The summed E-state index contributed by atoms with van der Waals surface area (Å²) in [6, 6.07) is 14.4. The third-order valence-electron chi connectivity index (χ3n) is 4.37. The Labute approximate surface area is 173 Å². The molecular formula is C21H22N4O5. The van der Waals surface area contributed by atoms with Crippen molar-refractivity contribution in [2.24, 2.45) is 0 Å². The minimum atomic E-state index is -0.844. The second-order valence-corrected chi connectivity index (χ2v) is 6.44. The highest BCUT2D eigenvalue weighted by molar-refractivity contribution is 5.94. The molecule has 1 aromatic heterocycles. The predicted molar refractivity (Wildman–Crippen MR) is 108 cm³/mol. The number of rotatable bonds is 7. The highest BCUT2D eigenvalue weighted by atomic mass is 16.6. The molecule has 0 aliphatic heterocycles. The second kappa shape index (κ2) is 9.66. The Morgan fingerprint density at radius 3 is 2.50 bits per heavy atom. The predicted octanol–water partition coefficient (Wildman–Crippen LogP) is 2.65. The van der Waals surface area contributed by atoms with E-state index in [9.17, 15) is 14.7 Å². The minimum absolute atomic E-state index is 0.0804. The molecule has 2 amide bonds. The largest absolute Gasteiger partial charge is 0.414 e. The number of carbonyl (C=O) groups excluding carboxylic acids is 2. The summed E-state index contributed by atoms with van der Waals surface area (Å²) in [5, 5.41) is 16.2. The van der Waals surface area contributed by atoms with Crippen molar-refractivity contribution in [2.75, 3.05) is 20.2 Å². The van der Waals surface area contributed by atoms with Gasteiger partial charge in [-0.1, -0.05) is 23.4 Å². The number of nitrogens with one attached hydrogen (secondary N) is 1. The van der Waals surface area contributed by atoms with Crippen molar-refractivity contribution >= 4 is 12.0 Å². The van der Waals surface area contributed by atoms with E-state index in [-0.39, 0.29) is 17.6 Å². The van der Waals surface area contributed by atoms with Gasteiger partial charge in [-0.3, -0.25) is 4.79 Å². The summed E-state index contributed by atoms with van der Waals surface area (Å²) < 4.78 is 10.5.